The van der Waals surface area contributed by atoms with Crippen molar-refractivity contribution in [3.05, 3.63) is 53.3 Å². The van der Waals surface area contributed by atoms with Crippen molar-refractivity contribution in [3.63, 3.8) is 0 Å². The molecule has 4 rings (SSSR count). The summed E-state index contributed by atoms with van der Waals surface area (Å²) >= 11 is 5.28. The van der Waals surface area contributed by atoms with E-state index in [1.807, 2.05) is 37.3 Å². The third kappa shape index (κ3) is 3.81. The Bertz CT molecular complexity index is 991. The second-order valence-electron chi connectivity index (χ2n) is 6.72. The molecule has 0 radical (unpaired) electrons. The highest BCUT2D eigenvalue weighted by Gasteiger charge is 2.35. The van der Waals surface area contributed by atoms with Gasteiger partial charge in [-0.15, -0.1) is 0 Å². The summed E-state index contributed by atoms with van der Waals surface area (Å²) in [6.07, 6.45) is 2.20. The van der Waals surface area contributed by atoms with Crippen molar-refractivity contribution in [2.75, 3.05) is 36.1 Å². The number of hydrogen-bond acceptors (Lipinski definition) is 6. The molecular formula is C21H21N3O4S. The molecule has 0 saturated carbocycles. The summed E-state index contributed by atoms with van der Waals surface area (Å²) in [7, 11) is 0. The fourth-order valence-corrected chi connectivity index (χ4v) is 3.69. The number of aryl methyl sites for hydroxylation is 1. The van der Waals surface area contributed by atoms with Gasteiger partial charge < -0.3 is 14.1 Å². The highest BCUT2D eigenvalue weighted by molar-refractivity contribution is 7.80. The Morgan fingerprint density at radius 1 is 1.14 bits per heavy atom. The molecule has 0 spiro atoms. The van der Waals surface area contributed by atoms with Crippen LogP contribution in [-0.2, 0) is 20.7 Å². The van der Waals surface area contributed by atoms with Crippen LogP contribution in [0.15, 0.2) is 46.4 Å². The van der Waals surface area contributed by atoms with Crippen molar-refractivity contribution >= 4 is 46.8 Å². The lowest BCUT2D eigenvalue weighted by molar-refractivity contribution is -0.122. The lowest BCUT2D eigenvalue weighted by atomic mass is 10.1. The van der Waals surface area contributed by atoms with Gasteiger partial charge in [-0.3, -0.25) is 19.8 Å². The predicted octanol–water partition coefficient (Wildman–Crippen LogP) is 2.51. The highest BCUT2D eigenvalue weighted by atomic mass is 32.1. The van der Waals surface area contributed by atoms with Crippen LogP contribution in [-0.4, -0.2) is 43.2 Å². The zero-order chi connectivity index (χ0) is 20.4. The van der Waals surface area contributed by atoms with Crippen LogP contribution in [0.25, 0.3) is 6.08 Å². The SMILES string of the molecule is CCc1ccccc1N1C(=O)/C(=C/c2ccc(N3CCOCC3)o2)C(=O)NC1=S. The van der Waals surface area contributed by atoms with Gasteiger partial charge in [0.15, 0.2) is 11.0 Å². The Hall–Kier alpha value is -2.97. The summed E-state index contributed by atoms with van der Waals surface area (Å²) in [5, 5.41) is 2.69. The molecule has 29 heavy (non-hydrogen) atoms. The van der Waals surface area contributed by atoms with E-state index < -0.39 is 11.8 Å². The number of carbonyl (C=O) groups excluding carboxylic acids is 2. The number of carbonyl (C=O) groups is 2. The monoisotopic (exact) mass is 411 g/mol. The third-order valence-electron chi connectivity index (χ3n) is 4.94. The van der Waals surface area contributed by atoms with Crippen LogP contribution >= 0.6 is 12.2 Å². The Labute approximate surface area is 173 Å². The summed E-state index contributed by atoms with van der Waals surface area (Å²) < 4.78 is 11.2. The number of furan rings is 1. The number of anilines is 2. The second-order valence-corrected chi connectivity index (χ2v) is 7.10. The minimum Gasteiger partial charge on any atom is -0.441 e. The molecule has 2 aliphatic heterocycles. The number of rotatable bonds is 4. The fourth-order valence-electron chi connectivity index (χ4n) is 3.42. The van der Waals surface area contributed by atoms with Gasteiger partial charge in [0.25, 0.3) is 11.8 Å². The Kier molecular flexibility index (Phi) is 5.46. The summed E-state index contributed by atoms with van der Waals surface area (Å²) in [6, 6.07) is 11.1. The predicted molar refractivity (Wildman–Crippen MR) is 114 cm³/mol. The standard InChI is InChI=1S/C21H21N3O4S/c1-2-14-5-3-4-6-17(14)24-20(26)16(19(25)22-21(24)29)13-15-7-8-18(28-15)23-9-11-27-12-10-23/h3-8,13H,2,9-12H2,1H3,(H,22,25,29)/b16-13+. The van der Waals surface area contributed by atoms with E-state index in [9.17, 15) is 9.59 Å². The largest absolute Gasteiger partial charge is 0.441 e. The molecule has 150 valence electrons. The number of ether oxygens (including phenoxy) is 1. The van der Waals surface area contributed by atoms with Crippen molar-refractivity contribution in [1.29, 1.82) is 0 Å². The molecule has 2 aromatic rings. The van der Waals surface area contributed by atoms with Crippen LogP contribution in [0.5, 0.6) is 0 Å². The topological polar surface area (TPSA) is 75.0 Å². The van der Waals surface area contributed by atoms with Crippen LogP contribution in [0.1, 0.15) is 18.2 Å². The third-order valence-corrected chi connectivity index (χ3v) is 5.22. The minimum atomic E-state index is -0.533. The first kappa shape index (κ1) is 19.4. The molecule has 2 amide bonds. The van der Waals surface area contributed by atoms with Gasteiger partial charge in [0.1, 0.15) is 11.3 Å². The Morgan fingerprint density at radius 2 is 1.90 bits per heavy atom. The number of nitrogens with zero attached hydrogens (tertiary/aromatic N) is 2. The van der Waals surface area contributed by atoms with Gasteiger partial charge in [-0.2, -0.15) is 0 Å². The van der Waals surface area contributed by atoms with E-state index in [1.54, 1.807) is 6.07 Å². The first-order chi connectivity index (χ1) is 14.1. The van der Waals surface area contributed by atoms with E-state index in [2.05, 4.69) is 10.2 Å². The van der Waals surface area contributed by atoms with Crippen LogP contribution in [0.4, 0.5) is 11.6 Å². The summed E-state index contributed by atoms with van der Waals surface area (Å²) in [6.45, 7) is 4.75. The van der Waals surface area contributed by atoms with Crippen LogP contribution in [0, 0.1) is 0 Å². The van der Waals surface area contributed by atoms with Crippen molar-refractivity contribution < 1.29 is 18.7 Å². The maximum absolute atomic E-state index is 13.2. The number of amides is 2. The van der Waals surface area contributed by atoms with Gasteiger partial charge in [0, 0.05) is 19.2 Å². The lowest BCUT2D eigenvalue weighted by Gasteiger charge is -2.30. The molecule has 2 saturated heterocycles. The molecule has 1 N–H and O–H groups in total. The Morgan fingerprint density at radius 3 is 2.66 bits per heavy atom. The van der Waals surface area contributed by atoms with Gasteiger partial charge in [0.05, 0.1) is 18.9 Å². The molecule has 2 aliphatic rings. The summed E-state index contributed by atoms with van der Waals surface area (Å²) in [5.74, 6) is 0.118. The molecule has 0 bridgehead atoms. The highest BCUT2D eigenvalue weighted by Crippen LogP contribution is 2.27. The first-order valence-electron chi connectivity index (χ1n) is 9.50. The first-order valence-corrected chi connectivity index (χ1v) is 9.91. The average Bonchev–Trinajstić information content (AvgIpc) is 3.21. The lowest BCUT2D eigenvalue weighted by Crippen LogP contribution is -2.54. The minimum absolute atomic E-state index is 0.0209. The molecule has 3 heterocycles. The van der Waals surface area contributed by atoms with E-state index in [0.29, 0.717) is 30.5 Å². The maximum Gasteiger partial charge on any atom is 0.270 e. The molecule has 2 fully saturated rings. The number of para-hydroxylation sites is 1. The number of hydrogen-bond donors (Lipinski definition) is 1. The summed E-state index contributed by atoms with van der Waals surface area (Å²) in [5.41, 5.74) is 1.61. The van der Waals surface area contributed by atoms with Crippen LogP contribution in [0.3, 0.4) is 0 Å². The van der Waals surface area contributed by atoms with E-state index >= 15 is 0 Å². The molecule has 8 heteroatoms. The number of nitrogens with one attached hydrogen (secondary N) is 1. The van der Waals surface area contributed by atoms with Gasteiger partial charge in [0.2, 0.25) is 0 Å². The van der Waals surface area contributed by atoms with E-state index in [0.717, 1.165) is 25.1 Å². The van der Waals surface area contributed by atoms with Crippen LogP contribution < -0.4 is 15.1 Å². The van der Waals surface area contributed by atoms with Crippen molar-refractivity contribution in [3.8, 4) is 0 Å². The molecule has 1 aromatic heterocycles. The quantitative estimate of drug-likeness (QED) is 0.473. The maximum atomic E-state index is 13.2. The average molecular weight is 411 g/mol. The van der Waals surface area contributed by atoms with Crippen molar-refractivity contribution in [2.24, 2.45) is 0 Å². The van der Waals surface area contributed by atoms with Crippen LogP contribution in [0.2, 0.25) is 0 Å². The van der Waals surface area contributed by atoms with Gasteiger partial charge >= 0.3 is 0 Å². The zero-order valence-electron chi connectivity index (χ0n) is 16.0. The zero-order valence-corrected chi connectivity index (χ0v) is 16.8. The molecule has 0 atom stereocenters. The molecule has 0 unspecified atom stereocenters. The number of morpholine rings is 1. The van der Waals surface area contributed by atoms with Crippen molar-refractivity contribution in [2.45, 2.75) is 13.3 Å². The number of benzene rings is 1. The van der Waals surface area contributed by atoms with Crippen molar-refractivity contribution in [1.82, 2.24) is 5.32 Å². The molecule has 1 aromatic carbocycles. The molecular weight excluding hydrogens is 390 g/mol. The molecule has 0 aliphatic carbocycles. The smallest absolute Gasteiger partial charge is 0.270 e. The van der Waals surface area contributed by atoms with Gasteiger partial charge in [-0.05, 0) is 42.4 Å². The fraction of sp³-hybridized carbons (Fsp3) is 0.286. The van der Waals surface area contributed by atoms with E-state index in [-0.39, 0.29) is 10.7 Å². The normalized spacial score (nSPS) is 19.1. The van der Waals surface area contributed by atoms with Gasteiger partial charge in [-0.1, -0.05) is 25.1 Å². The van der Waals surface area contributed by atoms with Gasteiger partial charge in [-0.25, -0.2) is 0 Å². The Balaban J connectivity index is 1.64. The molecule has 7 nitrogen and oxygen atoms in total. The number of thiocarbonyl (C=S) groups is 1. The van der Waals surface area contributed by atoms with E-state index in [1.165, 1.54) is 11.0 Å². The second kappa shape index (κ2) is 8.18. The van der Waals surface area contributed by atoms with E-state index in [4.69, 9.17) is 21.4 Å². The summed E-state index contributed by atoms with van der Waals surface area (Å²) in [4.78, 5) is 29.1.